The van der Waals surface area contributed by atoms with Gasteiger partial charge in [0.15, 0.2) is 0 Å². The molecule has 4 heteroatoms. The Morgan fingerprint density at radius 3 is 2.87 bits per heavy atom. The fraction of sp³-hybridized carbons (Fsp3) is 0.263. The van der Waals surface area contributed by atoms with Crippen molar-refractivity contribution in [1.82, 2.24) is 14.5 Å². The quantitative estimate of drug-likeness (QED) is 0.516. The number of hydrogen-bond acceptors (Lipinski definition) is 3. The summed E-state index contributed by atoms with van der Waals surface area (Å²) >= 11 is 1.75. The lowest BCUT2D eigenvalue weighted by atomic mass is 10.2. The summed E-state index contributed by atoms with van der Waals surface area (Å²) in [6, 6.07) is 10.5. The smallest absolute Gasteiger partial charge is 0.110 e. The maximum Gasteiger partial charge on any atom is 0.110 e. The van der Waals surface area contributed by atoms with E-state index < -0.39 is 0 Å². The maximum absolute atomic E-state index is 4.88. The molecule has 4 rings (SSSR count). The largest absolute Gasteiger partial charge is 0.323 e. The van der Waals surface area contributed by atoms with Gasteiger partial charge in [-0.05, 0) is 34.9 Å². The average Bonchev–Trinajstić information content (AvgIpc) is 3.21. The van der Waals surface area contributed by atoms with Gasteiger partial charge in [-0.3, -0.25) is 4.98 Å². The van der Waals surface area contributed by atoms with E-state index in [9.17, 15) is 0 Å². The van der Waals surface area contributed by atoms with Gasteiger partial charge in [-0.15, -0.1) is 0 Å². The number of rotatable bonds is 5. The predicted octanol–water partition coefficient (Wildman–Crippen LogP) is 5.04. The number of imidazole rings is 1. The number of benzene rings is 1. The highest BCUT2D eigenvalue weighted by atomic mass is 32.1. The fourth-order valence-corrected chi connectivity index (χ4v) is 3.73. The van der Waals surface area contributed by atoms with E-state index in [4.69, 9.17) is 4.98 Å². The summed E-state index contributed by atoms with van der Waals surface area (Å²) in [5.41, 5.74) is 4.60. The van der Waals surface area contributed by atoms with Crippen LogP contribution in [-0.4, -0.2) is 14.5 Å². The van der Waals surface area contributed by atoms with Gasteiger partial charge in [-0.25, -0.2) is 4.98 Å². The molecule has 23 heavy (non-hydrogen) atoms. The lowest BCUT2D eigenvalue weighted by Gasteiger charge is -2.09. The molecule has 0 unspecified atom stereocenters. The third-order valence-corrected chi connectivity index (χ3v) is 4.97. The van der Waals surface area contributed by atoms with Crippen molar-refractivity contribution in [3.05, 3.63) is 58.7 Å². The van der Waals surface area contributed by atoms with E-state index in [0.717, 1.165) is 30.4 Å². The highest BCUT2D eigenvalue weighted by Crippen LogP contribution is 2.26. The third kappa shape index (κ3) is 2.63. The summed E-state index contributed by atoms with van der Waals surface area (Å²) in [5, 5.41) is 5.55. The third-order valence-electron chi connectivity index (χ3n) is 4.23. The van der Waals surface area contributed by atoms with Crippen LogP contribution in [0.2, 0.25) is 0 Å². The van der Waals surface area contributed by atoms with E-state index in [-0.39, 0.29) is 0 Å². The van der Waals surface area contributed by atoms with Crippen LogP contribution in [0.25, 0.3) is 21.9 Å². The average molecular weight is 321 g/mol. The van der Waals surface area contributed by atoms with E-state index in [1.165, 1.54) is 28.7 Å². The molecule has 3 heterocycles. The molecule has 0 saturated carbocycles. The summed E-state index contributed by atoms with van der Waals surface area (Å²) < 4.78 is 2.39. The Morgan fingerprint density at radius 2 is 2.04 bits per heavy atom. The number of pyridine rings is 1. The molecule has 1 aromatic carbocycles. The van der Waals surface area contributed by atoms with Crippen molar-refractivity contribution in [2.75, 3.05) is 0 Å². The molecule has 0 amide bonds. The topological polar surface area (TPSA) is 30.7 Å². The van der Waals surface area contributed by atoms with Crippen molar-refractivity contribution in [2.24, 2.45) is 0 Å². The normalized spacial score (nSPS) is 11.5. The highest BCUT2D eigenvalue weighted by molar-refractivity contribution is 7.07. The Bertz CT molecular complexity index is 938. The molecule has 0 spiro atoms. The van der Waals surface area contributed by atoms with Crippen molar-refractivity contribution in [3.8, 4) is 0 Å². The van der Waals surface area contributed by atoms with Crippen molar-refractivity contribution in [2.45, 2.75) is 32.7 Å². The summed E-state index contributed by atoms with van der Waals surface area (Å²) in [6.07, 6.45) is 5.28. The second-order valence-corrected chi connectivity index (χ2v) is 6.64. The van der Waals surface area contributed by atoms with Gasteiger partial charge in [0, 0.05) is 11.8 Å². The monoisotopic (exact) mass is 321 g/mol. The van der Waals surface area contributed by atoms with Gasteiger partial charge in [-0.2, -0.15) is 11.3 Å². The molecule has 3 nitrogen and oxygen atoms in total. The summed E-state index contributed by atoms with van der Waals surface area (Å²) in [6.45, 7) is 3.11. The van der Waals surface area contributed by atoms with E-state index in [0.29, 0.717) is 0 Å². The molecular formula is C19H19N3S. The number of aryl methyl sites for hydroxylation is 1. The number of unbranched alkanes of at least 4 members (excludes halogenated alkanes) is 1. The maximum atomic E-state index is 4.88. The van der Waals surface area contributed by atoms with E-state index in [1.807, 2.05) is 12.3 Å². The molecule has 3 aromatic heterocycles. The standard InChI is InChI=1S/C19H19N3S/c1-2-3-8-18-21-17-11-20-16-7-5-4-6-15(16)19(17)22(18)12-14-9-10-23-13-14/h4-7,9-11,13H,2-3,8,12H2,1H3. The molecule has 0 fully saturated rings. The summed E-state index contributed by atoms with van der Waals surface area (Å²) in [4.78, 5) is 9.45. The zero-order valence-corrected chi connectivity index (χ0v) is 14.0. The van der Waals surface area contributed by atoms with Gasteiger partial charge in [0.2, 0.25) is 0 Å². The number of para-hydroxylation sites is 1. The first kappa shape index (κ1) is 14.4. The Hall–Kier alpha value is -2.20. The number of nitrogens with zero attached hydrogens (tertiary/aromatic N) is 3. The molecule has 0 atom stereocenters. The van der Waals surface area contributed by atoms with Crippen LogP contribution in [0.3, 0.4) is 0 Å². The summed E-state index contributed by atoms with van der Waals surface area (Å²) in [7, 11) is 0. The van der Waals surface area contributed by atoms with E-state index in [1.54, 1.807) is 11.3 Å². The van der Waals surface area contributed by atoms with Gasteiger partial charge in [0.25, 0.3) is 0 Å². The lowest BCUT2D eigenvalue weighted by molar-refractivity contribution is 0.691. The Kier molecular flexibility index (Phi) is 3.83. The van der Waals surface area contributed by atoms with Crippen LogP contribution < -0.4 is 0 Å². The zero-order chi connectivity index (χ0) is 15.6. The van der Waals surface area contributed by atoms with Crippen LogP contribution in [0.4, 0.5) is 0 Å². The van der Waals surface area contributed by atoms with Crippen molar-refractivity contribution in [3.63, 3.8) is 0 Å². The first-order valence-corrected chi connectivity index (χ1v) is 9.05. The molecule has 0 N–H and O–H groups in total. The minimum atomic E-state index is 0.882. The van der Waals surface area contributed by atoms with Crippen molar-refractivity contribution in [1.29, 1.82) is 0 Å². The first-order valence-electron chi connectivity index (χ1n) is 8.10. The van der Waals surface area contributed by atoms with E-state index >= 15 is 0 Å². The molecule has 0 bridgehead atoms. The number of fused-ring (bicyclic) bond motifs is 3. The Balaban J connectivity index is 1.95. The van der Waals surface area contributed by atoms with Crippen LogP contribution in [0.5, 0.6) is 0 Å². The van der Waals surface area contributed by atoms with Gasteiger partial charge in [-0.1, -0.05) is 31.5 Å². The van der Waals surface area contributed by atoms with Crippen molar-refractivity contribution >= 4 is 33.3 Å². The Morgan fingerprint density at radius 1 is 1.13 bits per heavy atom. The first-order chi connectivity index (χ1) is 11.4. The lowest BCUT2D eigenvalue weighted by Crippen LogP contribution is -2.05. The Labute approximate surface area is 139 Å². The second-order valence-electron chi connectivity index (χ2n) is 5.86. The summed E-state index contributed by atoms with van der Waals surface area (Å²) in [5.74, 6) is 1.17. The molecule has 0 aliphatic rings. The van der Waals surface area contributed by atoms with Crippen LogP contribution in [-0.2, 0) is 13.0 Å². The van der Waals surface area contributed by atoms with Gasteiger partial charge in [0.05, 0.1) is 23.8 Å². The molecule has 0 saturated heterocycles. The molecule has 116 valence electrons. The minimum absolute atomic E-state index is 0.882. The van der Waals surface area contributed by atoms with Gasteiger partial charge >= 0.3 is 0 Å². The van der Waals surface area contributed by atoms with E-state index in [2.05, 4.69) is 51.5 Å². The predicted molar refractivity (Wildman–Crippen MR) is 97.1 cm³/mol. The highest BCUT2D eigenvalue weighted by Gasteiger charge is 2.14. The number of thiophene rings is 1. The molecule has 0 radical (unpaired) electrons. The van der Waals surface area contributed by atoms with Crippen LogP contribution >= 0.6 is 11.3 Å². The molecule has 0 aliphatic heterocycles. The van der Waals surface area contributed by atoms with Gasteiger partial charge < -0.3 is 4.57 Å². The van der Waals surface area contributed by atoms with Crippen LogP contribution in [0.1, 0.15) is 31.2 Å². The minimum Gasteiger partial charge on any atom is -0.323 e. The SMILES string of the molecule is CCCCc1nc2cnc3ccccc3c2n1Cc1ccsc1. The molecular weight excluding hydrogens is 302 g/mol. The second kappa shape index (κ2) is 6.13. The molecule has 4 aromatic rings. The number of aromatic nitrogens is 3. The van der Waals surface area contributed by atoms with Crippen LogP contribution in [0, 0.1) is 0 Å². The molecule has 0 aliphatic carbocycles. The number of hydrogen-bond donors (Lipinski definition) is 0. The van der Waals surface area contributed by atoms with Gasteiger partial charge in [0.1, 0.15) is 11.3 Å². The van der Waals surface area contributed by atoms with Crippen molar-refractivity contribution < 1.29 is 0 Å². The van der Waals surface area contributed by atoms with Crippen LogP contribution in [0.15, 0.2) is 47.3 Å². The fourth-order valence-electron chi connectivity index (χ4n) is 3.07. The zero-order valence-electron chi connectivity index (χ0n) is 13.2.